The number of aliphatic carboxylic acids is 1. The first-order valence-corrected chi connectivity index (χ1v) is 16.5. The van der Waals surface area contributed by atoms with Crippen molar-refractivity contribution in [1.82, 2.24) is 0 Å². The van der Waals surface area contributed by atoms with Crippen LogP contribution in [-0.4, -0.2) is 115 Å². The molecule has 0 amide bonds. The van der Waals surface area contributed by atoms with E-state index in [0.29, 0.717) is 41.6 Å². The first-order chi connectivity index (χ1) is 24.3. The van der Waals surface area contributed by atoms with E-state index in [2.05, 4.69) is 0 Å². The van der Waals surface area contributed by atoms with Crippen molar-refractivity contribution < 1.29 is 77.7 Å². The maximum absolute atomic E-state index is 12.3. The highest BCUT2D eigenvalue weighted by atomic mass is 17.2. The van der Waals surface area contributed by atoms with Crippen LogP contribution in [0.1, 0.15) is 48.8 Å². The first kappa shape index (κ1) is 34.5. The predicted molar refractivity (Wildman–Crippen MR) is 164 cm³/mol. The number of carboxylic acid groups (broad SMARTS) is 1. The molecule has 0 spiro atoms. The van der Waals surface area contributed by atoms with Gasteiger partial charge in [0.15, 0.2) is 29.6 Å². The van der Waals surface area contributed by atoms with Crippen molar-refractivity contribution in [2.24, 2.45) is 5.73 Å². The van der Waals surface area contributed by atoms with Crippen LogP contribution in [0.25, 0.3) is 0 Å². The summed E-state index contributed by atoms with van der Waals surface area (Å²) in [6.07, 6.45) is -9.00. The van der Waals surface area contributed by atoms with Crippen molar-refractivity contribution in [3.8, 4) is 28.7 Å². The molecule has 0 bridgehead atoms. The minimum atomic E-state index is -1.45. The molecule has 5 aliphatic heterocycles. The number of carbonyl (C=O) groups excluding carboxylic acids is 1. The number of aliphatic hydroxyl groups is 3. The lowest BCUT2D eigenvalue weighted by Crippen LogP contribution is -2.63. The zero-order chi connectivity index (χ0) is 34.9. The van der Waals surface area contributed by atoms with Gasteiger partial charge in [-0.2, -0.15) is 4.89 Å². The molecule has 5 aliphatic rings. The number of rotatable bonds is 12. The van der Waals surface area contributed by atoms with Gasteiger partial charge in [-0.25, -0.2) is 0 Å². The van der Waals surface area contributed by atoms with Gasteiger partial charge in [-0.15, -0.1) is 0 Å². The molecule has 2 saturated heterocycles. The molecule has 6 N–H and O–H groups in total. The van der Waals surface area contributed by atoms with E-state index in [-0.39, 0.29) is 50.9 Å². The maximum atomic E-state index is 12.3. The molecule has 0 unspecified atom stereocenters. The largest absolute Gasteiger partial charge is 0.492 e. The van der Waals surface area contributed by atoms with Crippen LogP contribution in [0.5, 0.6) is 28.7 Å². The number of esters is 1. The summed E-state index contributed by atoms with van der Waals surface area (Å²) >= 11 is 0. The van der Waals surface area contributed by atoms with E-state index in [1.165, 1.54) is 0 Å². The van der Waals surface area contributed by atoms with Crippen molar-refractivity contribution >= 4 is 11.9 Å². The molecule has 0 saturated carbocycles. The van der Waals surface area contributed by atoms with Gasteiger partial charge in [-0.3, -0.25) is 9.59 Å². The Bertz CT molecular complexity index is 1560. The molecule has 17 nitrogen and oxygen atoms in total. The molecule has 10 atom stereocenters. The van der Waals surface area contributed by atoms with E-state index in [4.69, 9.17) is 58.5 Å². The standard InChI is InChI=1S/C33H39NO16/c34-6-8-41-33-32(28(40)31-30(48-33)21(44-26(39)12-25(37)38)4-1-15(43-31)5-7-35)50-49-16-2-3-20-18(9-16)29-19(14-42-20)17-10-23-24(11-22(17)47-29)46-27(13-36)45-23/h2-3,9-11,15,19,21,27-33,35-36,40H,1,4-8,12-14,34H2,(H,37,38)/t15-,19-,21+,27-,28+,29+,30-,31-,32+,33-/m1/s1. The first-order valence-electron chi connectivity index (χ1n) is 16.5. The number of carbonyl (C=O) groups is 2. The van der Waals surface area contributed by atoms with Gasteiger partial charge in [0.05, 0.1) is 25.2 Å². The fraction of sp³-hybridized carbons (Fsp3) is 0.576. The van der Waals surface area contributed by atoms with Gasteiger partial charge < -0.3 is 68.9 Å². The second-order valence-corrected chi connectivity index (χ2v) is 12.5. The Morgan fingerprint density at radius 3 is 2.52 bits per heavy atom. The molecule has 17 heteroatoms. The topological polar surface area (TPSA) is 233 Å². The van der Waals surface area contributed by atoms with Crippen LogP contribution in [0, 0.1) is 0 Å². The predicted octanol–water partition coefficient (Wildman–Crippen LogP) is 0.443. The summed E-state index contributed by atoms with van der Waals surface area (Å²) in [4.78, 5) is 35.0. The summed E-state index contributed by atoms with van der Waals surface area (Å²) in [5.41, 5.74) is 7.24. The molecule has 2 fully saturated rings. The highest BCUT2D eigenvalue weighted by molar-refractivity contribution is 5.90. The molecular formula is C33H39NO16. The van der Waals surface area contributed by atoms with Gasteiger partial charge in [0.1, 0.15) is 55.0 Å². The van der Waals surface area contributed by atoms with Crippen molar-refractivity contribution in [2.45, 2.75) is 86.9 Å². The van der Waals surface area contributed by atoms with Crippen LogP contribution in [0.2, 0.25) is 0 Å². The average molecular weight is 706 g/mol. The number of hydrogen-bond acceptors (Lipinski definition) is 16. The van der Waals surface area contributed by atoms with Crippen LogP contribution >= 0.6 is 0 Å². The number of ether oxygens (including phenoxy) is 8. The summed E-state index contributed by atoms with van der Waals surface area (Å²) in [7, 11) is 0. The number of aliphatic hydroxyl groups excluding tert-OH is 3. The lowest BCUT2D eigenvalue weighted by molar-refractivity contribution is -0.379. The Labute approximate surface area is 285 Å². The average Bonchev–Trinajstić information content (AvgIpc) is 3.63. The molecule has 0 aromatic heterocycles. The van der Waals surface area contributed by atoms with Crippen LogP contribution in [-0.2, 0) is 33.4 Å². The SMILES string of the molecule is NCCO[C@@H]1O[C@H]2[C@H](O[C@@H](CCO)CC[C@@H]2OC(=O)CC(=O)O)[C@H](O)[C@@H]1OOc1ccc2c(c1)[C@@H]1Oc3cc4c(cc3[C@H]1CO2)O[C@@H](CO)O4. The summed E-state index contributed by atoms with van der Waals surface area (Å²) in [5, 5.41) is 39.7. The minimum absolute atomic E-state index is 0.0173. The van der Waals surface area contributed by atoms with Gasteiger partial charge in [0.2, 0.25) is 0 Å². The summed E-state index contributed by atoms with van der Waals surface area (Å²) in [5.74, 6) is -0.0825. The quantitative estimate of drug-likeness (QED) is 0.0872. The van der Waals surface area contributed by atoms with Crippen LogP contribution in [0.3, 0.4) is 0 Å². The Balaban J connectivity index is 1.08. The molecule has 2 aromatic carbocycles. The van der Waals surface area contributed by atoms with Crippen molar-refractivity contribution in [2.75, 3.05) is 33.0 Å². The van der Waals surface area contributed by atoms with E-state index < -0.39 is 73.7 Å². The highest BCUT2D eigenvalue weighted by Gasteiger charge is 2.54. The number of nitrogens with two attached hydrogens (primary N) is 1. The molecule has 272 valence electrons. The number of benzene rings is 2. The number of fused-ring (bicyclic) bond motifs is 7. The Morgan fingerprint density at radius 1 is 0.940 bits per heavy atom. The van der Waals surface area contributed by atoms with Gasteiger partial charge in [-0.1, -0.05) is 0 Å². The van der Waals surface area contributed by atoms with Crippen LogP contribution in [0.4, 0.5) is 0 Å². The van der Waals surface area contributed by atoms with Gasteiger partial charge in [0.25, 0.3) is 6.29 Å². The van der Waals surface area contributed by atoms with E-state index >= 15 is 0 Å². The number of carboxylic acids is 1. The minimum Gasteiger partial charge on any atom is -0.492 e. The fourth-order valence-corrected chi connectivity index (χ4v) is 6.93. The van der Waals surface area contributed by atoms with Crippen LogP contribution < -0.4 is 29.6 Å². The van der Waals surface area contributed by atoms with Crippen molar-refractivity contribution in [3.63, 3.8) is 0 Å². The molecular weight excluding hydrogens is 666 g/mol. The molecule has 50 heavy (non-hydrogen) atoms. The molecule has 0 radical (unpaired) electrons. The summed E-state index contributed by atoms with van der Waals surface area (Å²) in [6, 6.07) is 8.61. The van der Waals surface area contributed by atoms with E-state index in [1.54, 1.807) is 24.3 Å². The molecule has 5 heterocycles. The lowest BCUT2D eigenvalue weighted by atomic mass is 9.89. The smallest absolute Gasteiger partial charge is 0.317 e. The van der Waals surface area contributed by atoms with E-state index in [0.717, 1.165) is 5.56 Å². The zero-order valence-corrected chi connectivity index (χ0v) is 26.8. The third-order valence-corrected chi connectivity index (χ3v) is 9.20. The second kappa shape index (κ2) is 14.7. The second-order valence-electron chi connectivity index (χ2n) is 12.5. The summed E-state index contributed by atoms with van der Waals surface area (Å²) < 4.78 is 47.3. The highest BCUT2D eigenvalue weighted by Crippen LogP contribution is 2.55. The molecule has 0 aliphatic carbocycles. The van der Waals surface area contributed by atoms with Crippen molar-refractivity contribution in [3.05, 3.63) is 41.5 Å². The molecule has 2 aromatic rings. The normalized spacial score (nSPS) is 31.9. The van der Waals surface area contributed by atoms with Gasteiger partial charge in [-0.05, 0) is 43.5 Å². The molecule has 7 rings (SSSR count). The van der Waals surface area contributed by atoms with Gasteiger partial charge >= 0.3 is 11.9 Å². The number of hydrogen-bond donors (Lipinski definition) is 5. The Kier molecular flexibility index (Phi) is 10.2. The maximum Gasteiger partial charge on any atom is 0.317 e. The lowest BCUT2D eigenvalue weighted by Gasteiger charge is -2.44. The summed E-state index contributed by atoms with van der Waals surface area (Å²) in [6.45, 7) is -0.00413. The van der Waals surface area contributed by atoms with Crippen LogP contribution in [0.15, 0.2) is 30.3 Å². The Morgan fingerprint density at radius 2 is 1.76 bits per heavy atom. The third kappa shape index (κ3) is 6.87. The van der Waals surface area contributed by atoms with E-state index in [9.17, 15) is 24.9 Å². The fourth-order valence-electron chi connectivity index (χ4n) is 6.93. The van der Waals surface area contributed by atoms with E-state index in [1.807, 2.05) is 6.07 Å². The van der Waals surface area contributed by atoms with Crippen molar-refractivity contribution in [1.29, 1.82) is 0 Å². The Hall–Kier alpha value is -3.94. The monoisotopic (exact) mass is 705 g/mol. The van der Waals surface area contributed by atoms with Gasteiger partial charge in [0, 0.05) is 30.3 Å². The third-order valence-electron chi connectivity index (χ3n) is 9.20. The zero-order valence-electron chi connectivity index (χ0n) is 26.8.